The summed E-state index contributed by atoms with van der Waals surface area (Å²) in [4.78, 5) is 66.7. The van der Waals surface area contributed by atoms with Crippen LogP contribution in [0.1, 0.15) is 124 Å². The molecule has 4 saturated carbocycles. The number of hydrogen-bond donors (Lipinski definition) is 0. The lowest BCUT2D eigenvalue weighted by atomic mass is 9.72. The molecule has 0 amide bonds. The van der Waals surface area contributed by atoms with Crippen LogP contribution in [0, 0.1) is 35.5 Å². The Labute approximate surface area is 385 Å². The van der Waals surface area contributed by atoms with Gasteiger partial charge in [-0.25, -0.2) is 0 Å². The van der Waals surface area contributed by atoms with Gasteiger partial charge in [-0.1, -0.05) is 23.7 Å². The van der Waals surface area contributed by atoms with Crippen LogP contribution in [0.15, 0.2) is 60.7 Å². The Bertz CT molecular complexity index is 2080. The second-order valence-electron chi connectivity index (χ2n) is 18.0. The van der Waals surface area contributed by atoms with Gasteiger partial charge in [-0.05, 0) is 181 Å². The first-order chi connectivity index (χ1) is 31.0. The lowest BCUT2D eigenvalue weighted by molar-refractivity contribution is -0.159. The number of halogens is 1. The maximum atomic E-state index is 13.6. The lowest BCUT2D eigenvalue weighted by Gasteiger charge is -2.37. The molecule has 0 radical (unpaired) electrons. The van der Waals surface area contributed by atoms with Crippen LogP contribution in [-0.2, 0) is 39.8 Å². The predicted molar refractivity (Wildman–Crippen MR) is 244 cm³/mol. The number of allylic oxidation sites excluding steroid dienone is 1. The molecule has 0 unspecified atom stereocenters. The minimum absolute atomic E-state index is 0.0358. The molecule has 13 heteroatoms. The molecule has 0 saturated heterocycles. The molecule has 1 aromatic heterocycles. The molecule has 0 N–H and O–H groups in total. The van der Waals surface area contributed by atoms with Gasteiger partial charge in [-0.15, -0.1) is 11.3 Å². The summed E-state index contributed by atoms with van der Waals surface area (Å²) in [7, 11) is 3.46. The van der Waals surface area contributed by atoms with E-state index < -0.39 is 23.8 Å². The van der Waals surface area contributed by atoms with Crippen molar-refractivity contribution in [2.45, 2.75) is 121 Å². The van der Waals surface area contributed by atoms with Crippen molar-refractivity contribution in [1.29, 1.82) is 0 Å². The van der Waals surface area contributed by atoms with Crippen LogP contribution in [0.4, 0.5) is 0 Å². The third-order valence-corrected chi connectivity index (χ3v) is 15.1. The zero-order valence-electron chi connectivity index (χ0n) is 37.0. The predicted octanol–water partition coefficient (Wildman–Crippen LogP) is 10.8. The van der Waals surface area contributed by atoms with Gasteiger partial charge in [0, 0.05) is 19.8 Å². The summed E-state index contributed by atoms with van der Waals surface area (Å²) in [5.74, 6) is -0.606. The third-order valence-electron chi connectivity index (χ3n) is 13.9. The first-order valence-corrected chi connectivity index (χ1v) is 24.3. The molecule has 0 spiro atoms. The largest absolute Gasteiger partial charge is 0.462 e. The molecular weight excluding hydrogens is 856 g/mol. The number of carbonyl (C=O) groups excluding carboxylic acids is 5. The molecule has 64 heavy (non-hydrogen) atoms. The zero-order valence-corrected chi connectivity index (χ0v) is 38.5. The Morgan fingerprint density at radius 3 is 1.64 bits per heavy atom. The summed E-state index contributed by atoms with van der Waals surface area (Å²) in [6.45, 7) is 0.610. The van der Waals surface area contributed by atoms with Gasteiger partial charge in [0.05, 0.1) is 45.6 Å². The van der Waals surface area contributed by atoms with Gasteiger partial charge in [-0.2, -0.15) is 0 Å². The third kappa shape index (κ3) is 13.1. The maximum absolute atomic E-state index is 13.6. The lowest BCUT2D eigenvalue weighted by Crippen LogP contribution is -2.34. The van der Waals surface area contributed by atoms with E-state index in [1.165, 1.54) is 25.0 Å². The molecule has 344 valence electrons. The Balaban J connectivity index is 0.899. The van der Waals surface area contributed by atoms with Gasteiger partial charge in [0.25, 0.3) is 0 Å². The first kappa shape index (κ1) is 47.6. The Kier molecular flexibility index (Phi) is 17.3. The number of ether oxygens (including phenoxy) is 6. The van der Waals surface area contributed by atoms with E-state index in [9.17, 15) is 24.0 Å². The highest BCUT2D eigenvalue weighted by atomic mass is 35.5. The van der Waals surface area contributed by atoms with Crippen molar-refractivity contribution < 1.29 is 52.4 Å². The average molecular weight is 918 g/mol. The van der Waals surface area contributed by atoms with Gasteiger partial charge in [0.15, 0.2) is 5.78 Å². The molecule has 3 aromatic rings. The molecule has 0 bridgehead atoms. The molecule has 7 rings (SSSR count). The molecule has 1 heterocycles. The maximum Gasteiger partial charge on any atom is 0.314 e. The number of benzene rings is 2. The Hall–Kier alpha value is -4.36. The summed E-state index contributed by atoms with van der Waals surface area (Å²) in [5.41, 5.74) is 1.46. The molecule has 11 nitrogen and oxygen atoms in total. The molecule has 4 aliphatic carbocycles. The van der Waals surface area contributed by atoms with E-state index in [-0.39, 0.29) is 47.2 Å². The topological polar surface area (TPSA) is 141 Å². The highest BCUT2D eigenvalue weighted by Gasteiger charge is 2.36. The van der Waals surface area contributed by atoms with Crippen molar-refractivity contribution in [3.05, 3.63) is 81.0 Å². The van der Waals surface area contributed by atoms with E-state index in [2.05, 4.69) is 0 Å². The zero-order chi connectivity index (χ0) is 45.0. The SMILES string of the molecule is COCCc1ccc(OC(=O)C2CCC(C(=O)Oc3ccc(OC(=O)C4CCC(C(=O)OC5CCC(C6CCC(OC)CC6)CC5)CC4)c(/C=C/C(=O)c4ccc(Cl)s4)c3)CC2)cc1. The summed E-state index contributed by atoms with van der Waals surface area (Å²) < 4.78 is 34.6. The fourth-order valence-corrected chi connectivity index (χ4v) is 10.9. The molecular formula is C51H61ClO11S. The molecule has 4 fully saturated rings. The summed E-state index contributed by atoms with van der Waals surface area (Å²) in [5, 5.41) is 0. The van der Waals surface area contributed by atoms with Crippen LogP contribution in [0.25, 0.3) is 6.08 Å². The van der Waals surface area contributed by atoms with Crippen molar-refractivity contribution in [3.63, 3.8) is 0 Å². The van der Waals surface area contributed by atoms with Gasteiger partial charge in [-0.3, -0.25) is 24.0 Å². The summed E-state index contributed by atoms with van der Waals surface area (Å²) >= 11 is 7.23. The Morgan fingerprint density at radius 1 is 0.594 bits per heavy atom. The van der Waals surface area contributed by atoms with E-state index >= 15 is 0 Å². The van der Waals surface area contributed by atoms with Crippen molar-refractivity contribution in [1.82, 2.24) is 0 Å². The number of carbonyl (C=O) groups is 5. The van der Waals surface area contributed by atoms with E-state index in [1.54, 1.807) is 56.7 Å². The van der Waals surface area contributed by atoms with Crippen LogP contribution >= 0.6 is 22.9 Å². The fourth-order valence-electron chi connectivity index (χ4n) is 9.91. The summed E-state index contributed by atoms with van der Waals surface area (Å²) in [6, 6.07) is 15.4. The Morgan fingerprint density at radius 2 is 1.11 bits per heavy atom. The van der Waals surface area contributed by atoms with Crippen molar-refractivity contribution >= 4 is 58.7 Å². The van der Waals surface area contributed by atoms with Gasteiger partial charge in [0.1, 0.15) is 23.4 Å². The number of rotatable bonds is 16. The second-order valence-corrected chi connectivity index (χ2v) is 19.7. The highest BCUT2D eigenvalue weighted by molar-refractivity contribution is 7.18. The van der Waals surface area contributed by atoms with E-state index in [0.29, 0.717) is 90.5 Å². The fraction of sp³-hybridized carbons (Fsp3) is 0.549. The number of thiophene rings is 1. The minimum atomic E-state index is -0.425. The van der Waals surface area contributed by atoms with Crippen LogP contribution in [0.3, 0.4) is 0 Å². The number of esters is 4. The van der Waals surface area contributed by atoms with Crippen LogP contribution in [0.2, 0.25) is 4.34 Å². The van der Waals surface area contributed by atoms with Gasteiger partial charge >= 0.3 is 23.9 Å². The van der Waals surface area contributed by atoms with Gasteiger partial charge < -0.3 is 28.4 Å². The van der Waals surface area contributed by atoms with Gasteiger partial charge in [0.2, 0.25) is 0 Å². The average Bonchev–Trinajstić information content (AvgIpc) is 3.77. The van der Waals surface area contributed by atoms with Crippen LogP contribution in [-0.4, -0.2) is 62.7 Å². The van der Waals surface area contributed by atoms with Crippen molar-refractivity contribution in [3.8, 4) is 17.2 Å². The van der Waals surface area contributed by atoms with E-state index in [4.69, 9.17) is 40.0 Å². The van der Waals surface area contributed by atoms with Crippen molar-refractivity contribution in [2.75, 3.05) is 20.8 Å². The second kappa shape index (κ2) is 23.2. The minimum Gasteiger partial charge on any atom is -0.462 e. The monoisotopic (exact) mass is 916 g/mol. The van der Waals surface area contributed by atoms with Crippen LogP contribution in [0.5, 0.6) is 17.2 Å². The smallest absolute Gasteiger partial charge is 0.314 e. The number of ketones is 1. The van der Waals surface area contributed by atoms with Crippen molar-refractivity contribution in [2.24, 2.45) is 35.5 Å². The molecule has 2 aromatic carbocycles. The molecule has 0 atom stereocenters. The standard InChI is InChI=1S/C51H61ClO11S/c1-58-30-29-32-3-18-41(19-4-32)60-48(54)35-5-7-37(8-6-35)50(56)62-43-24-26-45(39(31-43)17-25-44(53)46-27-28-47(52)64-46)63-51(57)38-11-9-36(10-12-38)49(55)61-42-22-15-34(16-23-42)33-13-20-40(59-2)21-14-33/h3-4,17-19,24-28,31,33-38,40,42H,5-16,20-23,29-30H2,1-2H3/b25-17+. The normalized spacial score (nSPS) is 26.2. The quantitative estimate of drug-likeness (QED) is 0.0587. The summed E-state index contributed by atoms with van der Waals surface area (Å²) in [6.07, 6.45) is 16.8. The number of methoxy groups -OCH3 is 2. The molecule has 4 aliphatic rings. The highest BCUT2D eigenvalue weighted by Crippen LogP contribution is 2.41. The van der Waals surface area contributed by atoms with E-state index in [1.807, 2.05) is 12.1 Å². The first-order valence-electron chi connectivity index (χ1n) is 23.1. The van der Waals surface area contributed by atoms with E-state index in [0.717, 1.165) is 67.8 Å². The van der Waals surface area contributed by atoms with Crippen LogP contribution < -0.4 is 14.2 Å². The number of hydrogen-bond acceptors (Lipinski definition) is 12. The molecule has 0 aliphatic heterocycles.